The Morgan fingerprint density at radius 2 is 1.83 bits per heavy atom. The maximum Gasteiger partial charge on any atom is 0.417 e. The van der Waals surface area contributed by atoms with Gasteiger partial charge >= 0.3 is 6.18 Å². The number of non-ortho nitro benzene ring substituents is 1. The van der Waals surface area contributed by atoms with Crippen molar-refractivity contribution in [3.8, 4) is 5.75 Å². The zero-order valence-electron chi connectivity index (χ0n) is 15.2. The molecule has 1 saturated heterocycles. The van der Waals surface area contributed by atoms with Crippen LogP contribution in [0.1, 0.15) is 5.56 Å². The van der Waals surface area contributed by atoms with Gasteiger partial charge in [0, 0.05) is 51.1 Å². The summed E-state index contributed by atoms with van der Waals surface area (Å²) in [5.74, 6) is 0.899. The summed E-state index contributed by atoms with van der Waals surface area (Å²) in [6, 6.07) is 6.76. The number of aromatic nitrogens is 1. The number of pyridine rings is 1. The van der Waals surface area contributed by atoms with Crippen molar-refractivity contribution in [3.63, 3.8) is 0 Å². The Hall–Kier alpha value is -2.59. The van der Waals surface area contributed by atoms with Crippen LogP contribution in [0.4, 0.5) is 24.7 Å². The van der Waals surface area contributed by atoms with E-state index in [4.69, 9.17) is 16.3 Å². The number of halogens is 4. The second-order valence-corrected chi connectivity index (χ2v) is 6.86. The number of hydrogen-bond donors (Lipinski definition) is 0. The minimum absolute atomic E-state index is 0.00371. The summed E-state index contributed by atoms with van der Waals surface area (Å²) in [5.41, 5.74) is -0.864. The maximum absolute atomic E-state index is 12.7. The molecule has 0 aliphatic carbocycles. The predicted molar refractivity (Wildman–Crippen MR) is 101 cm³/mol. The fourth-order valence-corrected chi connectivity index (χ4v) is 3.24. The molecule has 3 rings (SSSR count). The van der Waals surface area contributed by atoms with Gasteiger partial charge in [-0.1, -0.05) is 11.6 Å². The van der Waals surface area contributed by atoms with Gasteiger partial charge in [0.2, 0.25) is 0 Å². The first kappa shape index (κ1) is 21.1. The number of nitro benzene ring substituents is 1. The Morgan fingerprint density at radius 3 is 2.38 bits per heavy atom. The lowest BCUT2D eigenvalue weighted by molar-refractivity contribution is -0.384. The van der Waals surface area contributed by atoms with Gasteiger partial charge in [-0.2, -0.15) is 13.2 Å². The van der Waals surface area contributed by atoms with E-state index in [0.29, 0.717) is 50.9 Å². The van der Waals surface area contributed by atoms with Crippen molar-refractivity contribution in [2.45, 2.75) is 6.18 Å². The summed E-state index contributed by atoms with van der Waals surface area (Å²) < 4.78 is 43.8. The van der Waals surface area contributed by atoms with Crippen molar-refractivity contribution in [1.82, 2.24) is 9.88 Å². The third kappa shape index (κ3) is 5.48. The van der Waals surface area contributed by atoms with E-state index in [1.165, 1.54) is 12.1 Å². The van der Waals surface area contributed by atoms with Gasteiger partial charge in [0.25, 0.3) is 5.69 Å². The number of piperazine rings is 1. The Balaban J connectivity index is 1.46. The van der Waals surface area contributed by atoms with Gasteiger partial charge in [-0.3, -0.25) is 15.0 Å². The fourth-order valence-electron chi connectivity index (χ4n) is 2.96. The summed E-state index contributed by atoms with van der Waals surface area (Å²) in [5, 5.41) is 10.6. The molecule has 1 aromatic heterocycles. The Labute approximate surface area is 169 Å². The van der Waals surface area contributed by atoms with Crippen molar-refractivity contribution in [3.05, 3.63) is 57.2 Å². The van der Waals surface area contributed by atoms with Crippen LogP contribution in [0, 0.1) is 10.1 Å². The quantitative estimate of drug-likeness (QED) is 0.512. The number of anilines is 1. The molecular formula is C18H18ClF3N4O3. The summed E-state index contributed by atoms with van der Waals surface area (Å²) in [6.07, 6.45) is -3.68. The molecule has 1 fully saturated rings. The molecule has 0 saturated carbocycles. The van der Waals surface area contributed by atoms with Crippen LogP contribution >= 0.6 is 11.6 Å². The van der Waals surface area contributed by atoms with Crippen molar-refractivity contribution in [2.75, 3.05) is 44.2 Å². The number of benzene rings is 1. The number of hydrogen-bond acceptors (Lipinski definition) is 6. The van der Waals surface area contributed by atoms with E-state index in [1.54, 1.807) is 12.1 Å². The topological polar surface area (TPSA) is 71.7 Å². The SMILES string of the molecule is O=[N+]([O-])c1ccc(OCCN2CCN(c3ncc(C(F)(F)F)cc3Cl)CC2)cc1. The molecule has 1 aliphatic rings. The van der Waals surface area contributed by atoms with E-state index < -0.39 is 16.7 Å². The molecule has 0 spiro atoms. The van der Waals surface area contributed by atoms with E-state index in [0.717, 1.165) is 12.3 Å². The van der Waals surface area contributed by atoms with Gasteiger partial charge in [0.15, 0.2) is 0 Å². The number of alkyl halides is 3. The smallest absolute Gasteiger partial charge is 0.417 e. The van der Waals surface area contributed by atoms with Gasteiger partial charge in [0.1, 0.15) is 18.2 Å². The molecule has 1 aromatic carbocycles. The van der Waals surface area contributed by atoms with Crippen LogP contribution in [0.15, 0.2) is 36.5 Å². The van der Waals surface area contributed by atoms with Gasteiger partial charge in [-0.15, -0.1) is 0 Å². The average Bonchev–Trinajstić information content (AvgIpc) is 2.68. The summed E-state index contributed by atoms with van der Waals surface area (Å²) in [4.78, 5) is 18.1. The Bertz CT molecular complexity index is 856. The number of ether oxygens (including phenoxy) is 1. The zero-order valence-corrected chi connectivity index (χ0v) is 16.0. The number of nitro groups is 1. The van der Waals surface area contributed by atoms with Gasteiger partial charge < -0.3 is 9.64 Å². The highest BCUT2D eigenvalue weighted by Crippen LogP contribution is 2.33. The van der Waals surface area contributed by atoms with E-state index >= 15 is 0 Å². The van der Waals surface area contributed by atoms with E-state index in [-0.39, 0.29) is 10.7 Å². The zero-order chi connectivity index (χ0) is 21.0. The predicted octanol–water partition coefficient (Wildman–Crippen LogP) is 3.86. The summed E-state index contributed by atoms with van der Waals surface area (Å²) in [6.45, 7) is 3.59. The third-order valence-corrected chi connectivity index (χ3v) is 4.82. The van der Waals surface area contributed by atoms with Crippen molar-refractivity contribution >= 4 is 23.1 Å². The van der Waals surface area contributed by atoms with Gasteiger partial charge in [0.05, 0.1) is 15.5 Å². The molecule has 2 aromatic rings. The molecule has 0 atom stereocenters. The van der Waals surface area contributed by atoms with E-state index in [2.05, 4.69) is 9.88 Å². The number of rotatable bonds is 6. The molecule has 0 amide bonds. The maximum atomic E-state index is 12.7. The fraction of sp³-hybridized carbons (Fsp3) is 0.389. The first-order valence-electron chi connectivity index (χ1n) is 8.81. The van der Waals surface area contributed by atoms with Gasteiger partial charge in [-0.25, -0.2) is 4.98 Å². The molecule has 0 N–H and O–H groups in total. The molecule has 156 valence electrons. The Morgan fingerprint density at radius 1 is 1.17 bits per heavy atom. The molecule has 0 unspecified atom stereocenters. The Kier molecular flexibility index (Phi) is 6.43. The molecule has 0 radical (unpaired) electrons. The summed E-state index contributed by atoms with van der Waals surface area (Å²) >= 11 is 6.01. The highest BCUT2D eigenvalue weighted by Gasteiger charge is 2.32. The van der Waals surface area contributed by atoms with Crippen molar-refractivity contribution in [1.29, 1.82) is 0 Å². The molecule has 29 heavy (non-hydrogen) atoms. The van der Waals surface area contributed by atoms with Crippen LogP contribution in [0.2, 0.25) is 5.02 Å². The van der Waals surface area contributed by atoms with Crippen LogP contribution in [-0.4, -0.2) is 54.1 Å². The molecule has 11 heteroatoms. The molecule has 1 aliphatic heterocycles. The van der Waals surface area contributed by atoms with Crippen LogP contribution in [-0.2, 0) is 6.18 Å². The third-order valence-electron chi connectivity index (χ3n) is 4.54. The minimum atomic E-state index is -4.47. The van der Waals surface area contributed by atoms with Gasteiger partial charge in [-0.05, 0) is 18.2 Å². The second-order valence-electron chi connectivity index (χ2n) is 6.46. The highest BCUT2D eigenvalue weighted by molar-refractivity contribution is 6.33. The van der Waals surface area contributed by atoms with Crippen LogP contribution in [0.5, 0.6) is 5.75 Å². The molecular weight excluding hydrogens is 413 g/mol. The average molecular weight is 431 g/mol. The van der Waals surface area contributed by atoms with E-state index in [9.17, 15) is 23.3 Å². The van der Waals surface area contributed by atoms with Crippen LogP contribution in [0.25, 0.3) is 0 Å². The van der Waals surface area contributed by atoms with Crippen LogP contribution in [0.3, 0.4) is 0 Å². The van der Waals surface area contributed by atoms with E-state index in [1.807, 2.05) is 4.90 Å². The number of nitrogens with zero attached hydrogens (tertiary/aromatic N) is 4. The minimum Gasteiger partial charge on any atom is -0.492 e. The lowest BCUT2D eigenvalue weighted by atomic mass is 10.2. The summed E-state index contributed by atoms with van der Waals surface area (Å²) in [7, 11) is 0. The van der Waals surface area contributed by atoms with Crippen molar-refractivity contribution < 1.29 is 22.8 Å². The first-order valence-corrected chi connectivity index (χ1v) is 9.19. The van der Waals surface area contributed by atoms with Crippen molar-refractivity contribution in [2.24, 2.45) is 0 Å². The highest BCUT2D eigenvalue weighted by atomic mass is 35.5. The lowest BCUT2D eigenvalue weighted by Crippen LogP contribution is -2.47. The first-order chi connectivity index (χ1) is 13.7. The molecule has 2 heterocycles. The standard InChI is InChI=1S/C18H18ClF3N4O3/c19-16-11-13(18(20,21)22)12-23-17(16)25-7-5-24(6-8-25)9-10-29-15-3-1-14(2-4-15)26(27)28/h1-4,11-12H,5-10H2. The molecule has 0 bridgehead atoms. The molecule has 7 nitrogen and oxygen atoms in total. The second kappa shape index (κ2) is 8.83. The normalized spacial score (nSPS) is 15.4. The van der Waals surface area contributed by atoms with Crippen LogP contribution < -0.4 is 9.64 Å². The lowest BCUT2D eigenvalue weighted by Gasteiger charge is -2.35. The largest absolute Gasteiger partial charge is 0.492 e. The monoisotopic (exact) mass is 430 g/mol.